The van der Waals surface area contributed by atoms with Crippen LogP contribution in [0.25, 0.3) is 11.4 Å². The van der Waals surface area contributed by atoms with Gasteiger partial charge in [-0.05, 0) is 12.1 Å². The van der Waals surface area contributed by atoms with Gasteiger partial charge in [-0.3, -0.25) is 9.67 Å². The zero-order valence-electron chi connectivity index (χ0n) is 14.1. The number of amidine groups is 2. The fourth-order valence-corrected chi connectivity index (χ4v) is 2.74. The van der Waals surface area contributed by atoms with E-state index in [4.69, 9.17) is 15.5 Å². The highest BCUT2D eigenvalue weighted by Crippen LogP contribution is 2.22. The summed E-state index contributed by atoms with van der Waals surface area (Å²) in [6.07, 6.45) is 1.45. The average molecular weight is 363 g/mol. The first kappa shape index (κ1) is 16.7. The van der Waals surface area contributed by atoms with Crippen LogP contribution >= 0.6 is 0 Å². The lowest BCUT2D eigenvalue weighted by Crippen LogP contribution is -2.30. The maximum atomic E-state index is 14.1. The van der Waals surface area contributed by atoms with E-state index < -0.39 is 5.92 Å². The minimum absolute atomic E-state index is 0.197. The molecule has 1 aromatic carbocycles. The van der Waals surface area contributed by atoms with Gasteiger partial charge in [0.05, 0.1) is 24.9 Å². The summed E-state index contributed by atoms with van der Waals surface area (Å²) in [5.74, 6) is -0.329. The van der Waals surface area contributed by atoms with E-state index in [1.54, 1.807) is 35.0 Å². The molecule has 0 saturated carbocycles. The molecule has 3 heterocycles. The first-order valence-corrected chi connectivity index (χ1v) is 8.16. The molecule has 1 aliphatic heterocycles. The van der Waals surface area contributed by atoms with Gasteiger partial charge >= 0.3 is 0 Å². The largest absolute Gasteiger partial charge is 0.386 e. The summed E-state index contributed by atoms with van der Waals surface area (Å²) in [5, 5.41) is 17.5. The molecule has 27 heavy (non-hydrogen) atoms. The summed E-state index contributed by atoms with van der Waals surface area (Å²) < 4.78 is 20.6. The molecule has 0 fully saturated rings. The Kier molecular flexibility index (Phi) is 4.22. The van der Waals surface area contributed by atoms with E-state index in [9.17, 15) is 4.39 Å². The molecule has 8 nitrogen and oxygen atoms in total. The number of nitriles is 1. The van der Waals surface area contributed by atoms with E-state index in [0.29, 0.717) is 28.5 Å². The van der Waals surface area contributed by atoms with E-state index in [-0.39, 0.29) is 24.7 Å². The van der Waals surface area contributed by atoms with Crippen LogP contribution in [0.4, 0.5) is 4.39 Å². The van der Waals surface area contributed by atoms with Gasteiger partial charge in [-0.25, -0.2) is 9.38 Å². The van der Waals surface area contributed by atoms with Gasteiger partial charge in [0.15, 0.2) is 5.84 Å². The van der Waals surface area contributed by atoms with Crippen LogP contribution in [0.3, 0.4) is 0 Å². The van der Waals surface area contributed by atoms with Crippen LogP contribution in [0.5, 0.6) is 0 Å². The molecule has 1 unspecified atom stereocenters. The fraction of sp³-hybridized carbons (Fsp3) is 0.167. The van der Waals surface area contributed by atoms with Gasteiger partial charge in [-0.1, -0.05) is 23.4 Å². The van der Waals surface area contributed by atoms with Crippen molar-refractivity contribution in [1.29, 1.82) is 5.26 Å². The van der Waals surface area contributed by atoms with Crippen molar-refractivity contribution in [2.24, 2.45) is 21.6 Å². The van der Waals surface area contributed by atoms with Crippen LogP contribution in [-0.2, 0) is 6.54 Å². The van der Waals surface area contributed by atoms with Gasteiger partial charge in [0.2, 0.25) is 0 Å². The molecule has 0 bridgehead atoms. The van der Waals surface area contributed by atoms with Crippen LogP contribution in [-0.4, -0.2) is 33.2 Å². The van der Waals surface area contributed by atoms with E-state index in [2.05, 4.69) is 26.3 Å². The number of benzene rings is 1. The van der Waals surface area contributed by atoms with Gasteiger partial charge < -0.3 is 10.3 Å². The summed E-state index contributed by atoms with van der Waals surface area (Å²) >= 11 is 0. The third-order valence-electron chi connectivity index (χ3n) is 4.16. The molecule has 2 N–H and O–H groups in total. The molecule has 9 heteroatoms. The maximum Gasteiger partial charge on any atom is 0.177 e. The normalized spacial score (nSPS) is 16.5. The lowest BCUT2D eigenvalue weighted by molar-refractivity contribution is 0.421. The van der Waals surface area contributed by atoms with E-state index >= 15 is 0 Å². The van der Waals surface area contributed by atoms with Gasteiger partial charge in [0, 0.05) is 11.6 Å². The highest BCUT2D eigenvalue weighted by Gasteiger charge is 2.22. The van der Waals surface area contributed by atoms with E-state index in [1.165, 1.54) is 12.3 Å². The Labute approximate surface area is 153 Å². The fourth-order valence-electron chi connectivity index (χ4n) is 2.74. The summed E-state index contributed by atoms with van der Waals surface area (Å²) in [6.45, 7) is 0.419. The summed E-state index contributed by atoms with van der Waals surface area (Å²) in [6, 6.07) is 12.0. The molecule has 4 rings (SSSR count). The molecule has 3 aromatic rings. The Morgan fingerprint density at radius 3 is 2.85 bits per heavy atom. The highest BCUT2D eigenvalue weighted by molar-refractivity contribution is 6.07. The SMILES string of the molecule is N#CC1CN=C(c2cc(-c3ccon3)n(Cc3ccccc3F)n2)N=C1N. The first-order chi connectivity index (χ1) is 13.2. The molecule has 1 atom stereocenters. The molecule has 0 saturated heterocycles. The van der Waals surface area contributed by atoms with Gasteiger partial charge in [0.1, 0.15) is 35.2 Å². The molecule has 2 aromatic heterocycles. The zero-order valence-corrected chi connectivity index (χ0v) is 14.1. The Morgan fingerprint density at radius 1 is 1.30 bits per heavy atom. The number of rotatable bonds is 4. The van der Waals surface area contributed by atoms with Crippen LogP contribution in [0, 0.1) is 23.1 Å². The molecule has 0 amide bonds. The number of hydrogen-bond donors (Lipinski definition) is 1. The van der Waals surface area contributed by atoms with Gasteiger partial charge in [-0.2, -0.15) is 10.4 Å². The van der Waals surface area contributed by atoms with Crippen molar-refractivity contribution in [2.75, 3.05) is 6.54 Å². The van der Waals surface area contributed by atoms with Crippen molar-refractivity contribution >= 4 is 11.7 Å². The standard InChI is InChI=1S/C18H14FN7O/c19-13-4-2-1-3-11(13)10-26-16(14-5-6-27-25-14)7-15(24-26)18-22-9-12(8-20)17(21)23-18/h1-7,12H,9-10H2,(H2,21,22,23). The van der Waals surface area contributed by atoms with Crippen LogP contribution < -0.4 is 5.73 Å². The Hall–Kier alpha value is -3.80. The van der Waals surface area contributed by atoms with Gasteiger partial charge in [-0.15, -0.1) is 0 Å². The highest BCUT2D eigenvalue weighted by atomic mass is 19.1. The van der Waals surface area contributed by atoms with Crippen molar-refractivity contribution in [3.63, 3.8) is 0 Å². The Balaban J connectivity index is 1.74. The third-order valence-corrected chi connectivity index (χ3v) is 4.16. The van der Waals surface area contributed by atoms with Crippen LogP contribution in [0.2, 0.25) is 0 Å². The van der Waals surface area contributed by atoms with Gasteiger partial charge in [0.25, 0.3) is 0 Å². The molecule has 0 spiro atoms. The summed E-state index contributed by atoms with van der Waals surface area (Å²) in [7, 11) is 0. The second kappa shape index (κ2) is 6.84. The van der Waals surface area contributed by atoms with Crippen LogP contribution in [0.15, 0.2) is 57.2 Å². The number of hydrogen-bond acceptors (Lipinski definition) is 7. The minimum Gasteiger partial charge on any atom is -0.386 e. The lowest BCUT2D eigenvalue weighted by atomic mass is 10.1. The van der Waals surface area contributed by atoms with E-state index in [1.807, 2.05) is 0 Å². The average Bonchev–Trinajstić information content (AvgIpc) is 3.33. The molecular weight excluding hydrogens is 349 g/mol. The molecule has 134 valence electrons. The number of nitrogens with zero attached hydrogens (tertiary/aromatic N) is 6. The second-order valence-electron chi connectivity index (χ2n) is 5.93. The summed E-state index contributed by atoms with van der Waals surface area (Å²) in [5.41, 5.74) is 7.95. The zero-order chi connectivity index (χ0) is 18.8. The quantitative estimate of drug-likeness (QED) is 0.760. The van der Waals surface area contributed by atoms with Crippen molar-refractivity contribution in [1.82, 2.24) is 14.9 Å². The molecular formula is C18H14FN7O. The second-order valence-corrected chi connectivity index (χ2v) is 5.93. The predicted octanol–water partition coefficient (Wildman–Crippen LogP) is 1.98. The van der Waals surface area contributed by atoms with Crippen molar-refractivity contribution in [3.05, 3.63) is 59.7 Å². The third kappa shape index (κ3) is 3.20. The Morgan fingerprint density at radius 2 is 2.15 bits per heavy atom. The number of aromatic nitrogens is 3. The Bertz CT molecular complexity index is 1080. The first-order valence-electron chi connectivity index (χ1n) is 8.16. The van der Waals surface area contributed by atoms with Crippen molar-refractivity contribution in [3.8, 4) is 17.5 Å². The molecule has 0 radical (unpaired) electrons. The summed E-state index contributed by atoms with van der Waals surface area (Å²) in [4.78, 5) is 8.49. The lowest BCUT2D eigenvalue weighted by Gasteiger charge is -2.11. The number of aliphatic imine (C=N–C) groups is 2. The smallest absolute Gasteiger partial charge is 0.177 e. The topological polar surface area (TPSA) is 118 Å². The number of halogens is 1. The van der Waals surface area contributed by atoms with Crippen molar-refractivity contribution < 1.29 is 8.91 Å². The number of nitrogens with two attached hydrogens (primary N) is 1. The van der Waals surface area contributed by atoms with E-state index in [0.717, 1.165) is 0 Å². The van der Waals surface area contributed by atoms with Crippen LogP contribution in [0.1, 0.15) is 11.3 Å². The minimum atomic E-state index is -0.538. The molecule has 0 aliphatic carbocycles. The maximum absolute atomic E-state index is 14.1. The molecule has 1 aliphatic rings. The predicted molar refractivity (Wildman–Crippen MR) is 95.4 cm³/mol. The van der Waals surface area contributed by atoms with Crippen molar-refractivity contribution in [2.45, 2.75) is 6.54 Å². The monoisotopic (exact) mass is 363 g/mol.